The maximum atomic E-state index is 13.3. The molecule has 0 bridgehead atoms. The van der Waals surface area contributed by atoms with Crippen LogP contribution >= 0.6 is 0 Å². The molecule has 2 heterocycles. The molecule has 2 aliphatic rings. The van der Waals surface area contributed by atoms with Crippen molar-refractivity contribution in [3.8, 4) is 0 Å². The Morgan fingerprint density at radius 2 is 1.70 bits per heavy atom. The smallest absolute Gasteiger partial charge is 0.258 e. The number of amides is 1. The van der Waals surface area contributed by atoms with Gasteiger partial charge in [-0.1, -0.05) is 29.8 Å². The van der Waals surface area contributed by atoms with E-state index in [2.05, 4.69) is 6.07 Å². The van der Waals surface area contributed by atoms with Crippen LogP contribution in [-0.2, 0) is 16.3 Å². The quantitative estimate of drug-likeness (QED) is 0.470. The largest absolute Gasteiger partial charge is 0.308 e. The standard InChI is InChI=1S/C24H19NO4S/c1-15-8-11-20-16(13-15)5-4-12-25(20)24(27)17-9-10-19-22(14-17)30(28,29)21-7-3-2-6-18(21)23(19)26/h2-3,6-11,13-14H,4-5,12H2,1H3. The molecule has 0 fully saturated rings. The van der Waals surface area contributed by atoms with Crippen LogP contribution in [0.15, 0.2) is 70.5 Å². The lowest BCUT2D eigenvalue weighted by atomic mass is 9.98. The summed E-state index contributed by atoms with van der Waals surface area (Å²) in [4.78, 5) is 27.7. The molecule has 5 nitrogen and oxygen atoms in total. The van der Waals surface area contributed by atoms with E-state index in [-0.39, 0.29) is 38.2 Å². The fraction of sp³-hybridized carbons (Fsp3) is 0.167. The monoisotopic (exact) mass is 417 g/mol. The van der Waals surface area contributed by atoms with E-state index in [9.17, 15) is 18.0 Å². The predicted molar refractivity (Wildman–Crippen MR) is 113 cm³/mol. The molecule has 30 heavy (non-hydrogen) atoms. The van der Waals surface area contributed by atoms with Gasteiger partial charge >= 0.3 is 0 Å². The van der Waals surface area contributed by atoms with Gasteiger partial charge in [0.05, 0.1) is 9.79 Å². The number of fused-ring (bicyclic) bond motifs is 3. The zero-order valence-electron chi connectivity index (χ0n) is 16.4. The highest BCUT2D eigenvalue weighted by Crippen LogP contribution is 2.36. The van der Waals surface area contributed by atoms with Gasteiger partial charge in [0.15, 0.2) is 5.78 Å². The molecular formula is C24H19NO4S. The Balaban J connectivity index is 1.60. The number of hydrogen-bond donors (Lipinski definition) is 0. The first kappa shape index (κ1) is 18.8. The number of hydrogen-bond acceptors (Lipinski definition) is 4. The predicted octanol–water partition coefficient (Wildman–Crippen LogP) is 3.97. The molecule has 3 aromatic rings. The zero-order valence-corrected chi connectivity index (χ0v) is 17.2. The molecule has 1 amide bonds. The Morgan fingerprint density at radius 1 is 0.933 bits per heavy atom. The van der Waals surface area contributed by atoms with E-state index >= 15 is 0 Å². The number of rotatable bonds is 1. The first-order valence-electron chi connectivity index (χ1n) is 9.82. The second kappa shape index (κ2) is 6.64. The fourth-order valence-corrected chi connectivity index (χ4v) is 5.99. The molecule has 150 valence electrons. The van der Waals surface area contributed by atoms with E-state index < -0.39 is 9.84 Å². The van der Waals surface area contributed by atoms with E-state index in [4.69, 9.17) is 0 Å². The highest BCUT2D eigenvalue weighted by atomic mass is 32.2. The molecule has 0 saturated carbocycles. The van der Waals surface area contributed by atoms with Gasteiger partial charge in [0.2, 0.25) is 9.84 Å². The van der Waals surface area contributed by atoms with E-state index in [1.54, 1.807) is 23.1 Å². The van der Waals surface area contributed by atoms with Crippen LogP contribution in [0.3, 0.4) is 0 Å². The number of aryl methyl sites for hydroxylation is 2. The van der Waals surface area contributed by atoms with Gasteiger partial charge in [0.25, 0.3) is 5.91 Å². The van der Waals surface area contributed by atoms with Crippen LogP contribution in [0, 0.1) is 6.92 Å². The number of carbonyl (C=O) groups excluding carboxylic acids is 2. The molecule has 0 radical (unpaired) electrons. The van der Waals surface area contributed by atoms with Crippen molar-refractivity contribution >= 4 is 27.2 Å². The summed E-state index contributed by atoms with van der Waals surface area (Å²) in [5.41, 5.74) is 3.66. The van der Waals surface area contributed by atoms with Crippen LogP contribution in [0.4, 0.5) is 5.69 Å². The van der Waals surface area contributed by atoms with Gasteiger partial charge in [0.1, 0.15) is 0 Å². The summed E-state index contributed by atoms with van der Waals surface area (Å²) < 4.78 is 26.3. The van der Waals surface area contributed by atoms with Crippen LogP contribution in [-0.4, -0.2) is 26.7 Å². The summed E-state index contributed by atoms with van der Waals surface area (Å²) in [5.74, 6) is -0.600. The van der Waals surface area contributed by atoms with E-state index in [0.29, 0.717) is 6.54 Å². The van der Waals surface area contributed by atoms with Crippen molar-refractivity contribution in [2.24, 2.45) is 0 Å². The molecule has 0 unspecified atom stereocenters. The summed E-state index contributed by atoms with van der Waals surface area (Å²) in [5, 5.41) is 0. The molecule has 0 atom stereocenters. The van der Waals surface area contributed by atoms with Gasteiger partial charge in [-0.2, -0.15) is 0 Å². The molecule has 2 aliphatic heterocycles. The lowest BCUT2D eigenvalue weighted by Crippen LogP contribution is -2.35. The van der Waals surface area contributed by atoms with Crippen LogP contribution in [0.2, 0.25) is 0 Å². The lowest BCUT2D eigenvalue weighted by molar-refractivity contribution is 0.0981. The highest BCUT2D eigenvalue weighted by molar-refractivity contribution is 7.91. The Labute approximate surface area is 174 Å². The molecule has 5 rings (SSSR count). The minimum atomic E-state index is -3.88. The summed E-state index contributed by atoms with van der Waals surface area (Å²) in [7, 11) is -3.88. The van der Waals surface area contributed by atoms with Crippen LogP contribution in [0.1, 0.15) is 43.8 Å². The summed E-state index contributed by atoms with van der Waals surface area (Å²) in [6, 6.07) is 16.5. The lowest BCUT2D eigenvalue weighted by Gasteiger charge is -2.30. The van der Waals surface area contributed by atoms with Crippen molar-refractivity contribution in [1.29, 1.82) is 0 Å². The SMILES string of the molecule is Cc1ccc2c(c1)CCCN2C(=O)c1ccc2c(c1)S(=O)(=O)c1ccccc1C2=O. The maximum Gasteiger partial charge on any atom is 0.258 e. The molecule has 0 aliphatic carbocycles. The molecule has 0 saturated heterocycles. The van der Waals surface area contributed by atoms with Crippen molar-refractivity contribution in [1.82, 2.24) is 0 Å². The molecular weight excluding hydrogens is 398 g/mol. The fourth-order valence-electron chi connectivity index (χ4n) is 4.31. The van der Waals surface area contributed by atoms with Crippen molar-refractivity contribution in [2.45, 2.75) is 29.6 Å². The molecule has 3 aromatic carbocycles. The maximum absolute atomic E-state index is 13.3. The van der Waals surface area contributed by atoms with Gasteiger partial charge < -0.3 is 4.90 Å². The minimum absolute atomic E-state index is 0.00843. The first-order valence-corrected chi connectivity index (χ1v) is 11.3. The van der Waals surface area contributed by atoms with Crippen LogP contribution in [0.25, 0.3) is 0 Å². The van der Waals surface area contributed by atoms with E-state index in [1.807, 2.05) is 19.1 Å². The van der Waals surface area contributed by atoms with Crippen LogP contribution < -0.4 is 4.90 Å². The van der Waals surface area contributed by atoms with Gasteiger partial charge in [-0.25, -0.2) is 8.42 Å². The summed E-state index contributed by atoms with van der Waals surface area (Å²) in [6.45, 7) is 2.59. The van der Waals surface area contributed by atoms with Crippen molar-refractivity contribution < 1.29 is 18.0 Å². The third-order valence-corrected chi connectivity index (χ3v) is 7.63. The minimum Gasteiger partial charge on any atom is -0.308 e. The van der Waals surface area contributed by atoms with Crippen molar-refractivity contribution in [3.63, 3.8) is 0 Å². The average molecular weight is 417 g/mol. The van der Waals surface area contributed by atoms with Gasteiger partial charge in [-0.05, 0) is 61.7 Å². The average Bonchev–Trinajstić information content (AvgIpc) is 2.76. The molecule has 0 spiro atoms. The third kappa shape index (κ3) is 2.71. The van der Waals surface area contributed by atoms with E-state index in [1.165, 1.54) is 24.3 Å². The summed E-state index contributed by atoms with van der Waals surface area (Å²) >= 11 is 0. The summed E-state index contributed by atoms with van der Waals surface area (Å²) in [6.07, 6.45) is 1.75. The second-order valence-electron chi connectivity index (χ2n) is 7.73. The third-order valence-electron chi connectivity index (χ3n) is 5.78. The Morgan fingerprint density at radius 3 is 2.53 bits per heavy atom. The second-order valence-corrected chi connectivity index (χ2v) is 9.62. The first-order chi connectivity index (χ1) is 14.4. The van der Waals surface area contributed by atoms with Gasteiger partial charge in [0, 0.05) is 28.9 Å². The zero-order chi connectivity index (χ0) is 21.0. The van der Waals surface area contributed by atoms with Crippen molar-refractivity contribution in [3.05, 3.63) is 88.5 Å². The van der Waals surface area contributed by atoms with Gasteiger partial charge in [-0.15, -0.1) is 0 Å². The Kier molecular flexibility index (Phi) is 4.15. The number of carbonyl (C=O) groups is 2. The Hall–Kier alpha value is -3.25. The molecule has 6 heteroatoms. The Bertz CT molecular complexity index is 1340. The molecule has 0 N–H and O–H groups in total. The number of nitrogens with zero attached hydrogens (tertiary/aromatic N) is 1. The number of anilines is 1. The number of sulfone groups is 1. The van der Waals surface area contributed by atoms with Gasteiger partial charge in [-0.3, -0.25) is 9.59 Å². The highest BCUT2D eigenvalue weighted by Gasteiger charge is 2.35. The number of ketones is 1. The van der Waals surface area contributed by atoms with Crippen LogP contribution in [0.5, 0.6) is 0 Å². The number of benzene rings is 3. The normalized spacial score (nSPS) is 16.4. The molecule has 0 aromatic heterocycles. The van der Waals surface area contributed by atoms with E-state index in [0.717, 1.165) is 29.7 Å². The van der Waals surface area contributed by atoms with Crippen molar-refractivity contribution in [2.75, 3.05) is 11.4 Å². The topological polar surface area (TPSA) is 71.5 Å².